The average Bonchev–Trinajstić information content (AvgIpc) is 3.17. The van der Waals surface area contributed by atoms with Crippen molar-refractivity contribution in [3.8, 4) is 0 Å². The first-order valence-electron chi connectivity index (χ1n) is 8.31. The Bertz CT molecular complexity index is 678. The number of carbonyl (C=O) groups excluding carboxylic acids is 1. The number of ether oxygens (including phenoxy) is 1. The van der Waals surface area contributed by atoms with Crippen LogP contribution in [0.2, 0.25) is 0 Å². The molecule has 1 aliphatic rings. The lowest BCUT2D eigenvalue weighted by Gasteiger charge is -2.36. The first-order chi connectivity index (χ1) is 11.7. The zero-order valence-electron chi connectivity index (χ0n) is 14.2. The van der Waals surface area contributed by atoms with Crippen LogP contribution in [0.25, 0.3) is 0 Å². The fourth-order valence-electron chi connectivity index (χ4n) is 3.18. The molecule has 2 heterocycles. The zero-order chi connectivity index (χ0) is 17.0. The molecular formula is C18H24N4O2. The number of benzene rings is 1. The molecule has 1 aromatic carbocycles. The summed E-state index contributed by atoms with van der Waals surface area (Å²) in [5.41, 5.74) is 1.18. The maximum absolute atomic E-state index is 13.1. The van der Waals surface area contributed by atoms with Gasteiger partial charge in [0, 0.05) is 25.2 Å². The van der Waals surface area contributed by atoms with Gasteiger partial charge in [0.25, 0.3) is 5.91 Å². The minimum Gasteiger partial charge on any atom is -0.377 e. The molecule has 1 unspecified atom stereocenters. The van der Waals surface area contributed by atoms with Gasteiger partial charge >= 0.3 is 0 Å². The number of hydrogen-bond donors (Lipinski definition) is 2. The Kier molecular flexibility index (Phi) is 4.97. The van der Waals surface area contributed by atoms with Crippen molar-refractivity contribution in [1.29, 1.82) is 0 Å². The summed E-state index contributed by atoms with van der Waals surface area (Å²) in [6.45, 7) is 3.58. The first-order valence-corrected chi connectivity index (χ1v) is 8.31. The lowest BCUT2D eigenvalue weighted by Crippen LogP contribution is -2.52. The van der Waals surface area contributed by atoms with E-state index in [4.69, 9.17) is 4.74 Å². The van der Waals surface area contributed by atoms with Crippen molar-refractivity contribution in [2.45, 2.75) is 31.4 Å². The number of rotatable bonds is 5. The predicted octanol–water partition coefficient (Wildman–Crippen LogP) is 2.31. The van der Waals surface area contributed by atoms with Crippen molar-refractivity contribution in [2.24, 2.45) is 0 Å². The smallest absolute Gasteiger partial charge is 0.252 e. The molecule has 2 aromatic rings. The Balaban J connectivity index is 1.84. The van der Waals surface area contributed by atoms with E-state index >= 15 is 0 Å². The molecule has 1 aromatic heterocycles. The van der Waals surface area contributed by atoms with Crippen molar-refractivity contribution in [1.82, 2.24) is 15.1 Å². The first kappa shape index (κ1) is 16.7. The minimum atomic E-state index is -0.641. The number of anilines is 1. The standard InChI is InChI=1S/C18H24N4O2/c1-14(24-2)15-5-3-6-16(13-15)21-17(23)18(7-10-19-11-8-18)22-12-4-9-20-22/h3-6,9,12-14,19H,7-8,10-11H2,1-2H3,(H,21,23). The van der Waals surface area contributed by atoms with Crippen LogP contribution in [0.3, 0.4) is 0 Å². The second kappa shape index (κ2) is 7.15. The molecule has 6 nitrogen and oxygen atoms in total. The summed E-state index contributed by atoms with van der Waals surface area (Å²) in [6, 6.07) is 9.66. The third kappa shape index (κ3) is 3.20. The van der Waals surface area contributed by atoms with Crippen LogP contribution in [0.4, 0.5) is 5.69 Å². The van der Waals surface area contributed by atoms with Crippen LogP contribution in [0.15, 0.2) is 42.7 Å². The normalized spacial score (nSPS) is 18.1. The number of piperidine rings is 1. The van der Waals surface area contributed by atoms with E-state index in [1.807, 2.05) is 43.5 Å². The summed E-state index contributed by atoms with van der Waals surface area (Å²) in [7, 11) is 1.68. The Morgan fingerprint density at radius 3 is 2.83 bits per heavy atom. The van der Waals surface area contributed by atoms with E-state index in [0.717, 1.165) is 24.3 Å². The number of methoxy groups -OCH3 is 1. The maximum Gasteiger partial charge on any atom is 0.252 e. The second-order valence-electron chi connectivity index (χ2n) is 6.19. The van der Waals surface area contributed by atoms with Crippen molar-refractivity contribution in [3.63, 3.8) is 0 Å². The highest BCUT2D eigenvalue weighted by Gasteiger charge is 2.42. The third-order valence-electron chi connectivity index (χ3n) is 4.76. The molecule has 1 atom stereocenters. The van der Waals surface area contributed by atoms with Crippen molar-refractivity contribution >= 4 is 11.6 Å². The molecule has 0 aliphatic carbocycles. The molecule has 1 aliphatic heterocycles. The molecular weight excluding hydrogens is 304 g/mol. The molecule has 0 spiro atoms. The van der Waals surface area contributed by atoms with Gasteiger partial charge in [0.15, 0.2) is 0 Å². The highest BCUT2D eigenvalue weighted by molar-refractivity contribution is 5.96. The molecule has 0 saturated carbocycles. The summed E-state index contributed by atoms with van der Waals surface area (Å²) < 4.78 is 7.15. The highest BCUT2D eigenvalue weighted by Crippen LogP contribution is 2.29. The number of hydrogen-bond acceptors (Lipinski definition) is 4. The van der Waals surface area contributed by atoms with Crippen LogP contribution in [0, 0.1) is 0 Å². The second-order valence-corrected chi connectivity index (χ2v) is 6.19. The van der Waals surface area contributed by atoms with E-state index in [-0.39, 0.29) is 12.0 Å². The van der Waals surface area contributed by atoms with Gasteiger partial charge in [0.2, 0.25) is 0 Å². The van der Waals surface area contributed by atoms with Gasteiger partial charge in [0.1, 0.15) is 5.54 Å². The van der Waals surface area contributed by atoms with Gasteiger partial charge in [0.05, 0.1) is 6.10 Å². The molecule has 1 fully saturated rings. The number of nitrogens with one attached hydrogen (secondary N) is 2. The van der Waals surface area contributed by atoms with Gasteiger partial charge in [-0.2, -0.15) is 5.10 Å². The van der Waals surface area contributed by atoms with Gasteiger partial charge in [-0.15, -0.1) is 0 Å². The van der Waals surface area contributed by atoms with E-state index in [0.29, 0.717) is 12.8 Å². The van der Waals surface area contributed by atoms with E-state index in [1.54, 1.807) is 18.0 Å². The molecule has 1 saturated heterocycles. The molecule has 6 heteroatoms. The Morgan fingerprint density at radius 1 is 1.38 bits per heavy atom. The van der Waals surface area contributed by atoms with Gasteiger partial charge < -0.3 is 15.4 Å². The van der Waals surface area contributed by atoms with Crippen molar-refractivity contribution in [3.05, 3.63) is 48.3 Å². The molecule has 3 rings (SSSR count). The number of nitrogens with zero attached hydrogens (tertiary/aromatic N) is 2. The highest BCUT2D eigenvalue weighted by atomic mass is 16.5. The summed E-state index contributed by atoms with van der Waals surface area (Å²) in [4.78, 5) is 13.1. The Morgan fingerprint density at radius 2 is 2.17 bits per heavy atom. The Labute approximate surface area is 142 Å². The average molecular weight is 328 g/mol. The van der Waals surface area contributed by atoms with Crippen LogP contribution in [0.5, 0.6) is 0 Å². The lowest BCUT2D eigenvalue weighted by molar-refractivity contribution is -0.126. The summed E-state index contributed by atoms with van der Waals surface area (Å²) in [5, 5.41) is 10.7. The largest absolute Gasteiger partial charge is 0.377 e. The van der Waals surface area contributed by atoms with E-state index in [1.165, 1.54) is 0 Å². The topological polar surface area (TPSA) is 68.2 Å². The number of carbonyl (C=O) groups is 1. The van der Waals surface area contributed by atoms with Gasteiger partial charge in [-0.3, -0.25) is 9.48 Å². The van der Waals surface area contributed by atoms with E-state index < -0.39 is 5.54 Å². The quantitative estimate of drug-likeness (QED) is 0.884. The van der Waals surface area contributed by atoms with Gasteiger partial charge in [-0.05, 0) is 56.6 Å². The van der Waals surface area contributed by atoms with Crippen LogP contribution in [-0.2, 0) is 15.1 Å². The zero-order valence-corrected chi connectivity index (χ0v) is 14.2. The van der Waals surface area contributed by atoms with Crippen molar-refractivity contribution < 1.29 is 9.53 Å². The summed E-state index contributed by atoms with van der Waals surface area (Å²) >= 11 is 0. The minimum absolute atomic E-state index is 0.0131. The summed E-state index contributed by atoms with van der Waals surface area (Å²) in [6.07, 6.45) is 5.01. The molecule has 0 radical (unpaired) electrons. The van der Waals surface area contributed by atoms with Gasteiger partial charge in [-0.25, -0.2) is 0 Å². The monoisotopic (exact) mass is 328 g/mol. The van der Waals surface area contributed by atoms with Crippen LogP contribution in [0.1, 0.15) is 31.4 Å². The molecule has 1 amide bonds. The molecule has 24 heavy (non-hydrogen) atoms. The molecule has 128 valence electrons. The number of aromatic nitrogens is 2. The molecule has 2 N–H and O–H groups in total. The van der Waals surface area contributed by atoms with Crippen LogP contribution in [-0.4, -0.2) is 35.9 Å². The molecule has 0 bridgehead atoms. The SMILES string of the molecule is COC(C)c1cccc(NC(=O)C2(n3cccn3)CCNCC2)c1. The fourth-order valence-corrected chi connectivity index (χ4v) is 3.18. The third-order valence-corrected chi connectivity index (χ3v) is 4.76. The summed E-state index contributed by atoms with van der Waals surface area (Å²) in [5.74, 6) is -0.0186. The maximum atomic E-state index is 13.1. The van der Waals surface area contributed by atoms with E-state index in [9.17, 15) is 4.79 Å². The van der Waals surface area contributed by atoms with Gasteiger partial charge in [-0.1, -0.05) is 12.1 Å². The number of amides is 1. The van der Waals surface area contributed by atoms with Crippen LogP contribution < -0.4 is 10.6 Å². The Hall–Kier alpha value is -2.18. The fraction of sp³-hybridized carbons (Fsp3) is 0.444. The van der Waals surface area contributed by atoms with Crippen molar-refractivity contribution in [2.75, 3.05) is 25.5 Å². The predicted molar refractivity (Wildman–Crippen MR) is 92.8 cm³/mol. The van der Waals surface area contributed by atoms with E-state index in [2.05, 4.69) is 15.7 Å². The lowest BCUT2D eigenvalue weighted by atomic mass is 9.87. The van der Waals surface area contributed by atoms with Crippen LogP contribution >= 0.6 is 0 Å².